The van der Waals surface area contributed by atoms with Crippen molar-refractivity contribution in [3.8, 4) is 0 Å². The minimum absolute atomic E-state index is 0.110. The molecular weight excluding hydrogens is 392 g/mol. The number of esters is 1. The molecule has 0 aliphatic heterocycles. The summed E-state index contributed by atoms with van der Waals surface area (Å²) in [5, 5.41) is 33.1. The summed E-state index contributed by atoms with van der Waals surface area (Å²) in [6.07, 6.45) is 6.62. The highest BCUT2D eigenvalue weighted by atomic mass is 16.5. The maximum atomic E-state index is 11.9. The monoisotopic (exact) mass is 436 g/mol. The highest BCUT2D eigenvalue weighted by Crippen LogP contribution is 2.68. The van der Waals surface area contributed by atoms with E-state index >= 15 is 0 Å². The second-order valence-electron chi connectivity index (χ2n) is 11.8. The van der Waals surface area contributed by atoms with Crippen LogP contribution in [0.3, 0.4) is 0 Å². The van der Waals surface area contributed by atoms with Crippen molar-refractivity contribution in [2.45, 2.75) is 104 Å². The van der Waals surface area contributed by atoms with Crippen LogP contribution in [0, 0.1) is 46.3 Å². The zero-order valence-electron chi connectivity index (χ0n) is 19.9. The Labute approximate surface area is 187 Å². The van der Waals surface area contributed by atoms with Gasteiger partial charge in [-0.1, -0.05) is 20.8 Å². The number of rotatable bonds is 5. The lowest BCUT2D eigenvalue weighted by Gasteiger charge is -2.63. The smallest absolute Gasteiger partial charge is 0.305 e. The largest absolute Gasteiger partial charge is 0.466 e. The summed E-state index contributed by atoms with van der Waals surface area (Å²) >= 11 is 0. The fraction of sp³-hybridized carbons (Fsp3) is 0.962. The molecule has 4 saturated carbocycles. The summed E-state index contributed by atoms with van der Waals surface area (Å²) in [5.41, 5.74) is -0.0906. The Bertz CT molecular complexity index is 666. The van der Waals surface area contributed by atoms with Crippen LogP contribution in [-0.4, -0.2) is 46.2 Å². The lowest BCUT2D eigenvalue weighted by atomic mass is 9.43. The van der Waals surface area contributed by atoms with Crippen molar-refractivity contribution in [1.82, 2.24) is 0 Å². The molecule has 0 aromatic rings. The third kappa shape index (κ3) is 3.77. The molecule has 0 spiro atoms. The van der Waals surface area contributed by atoms with E-state index in [0.29, 0.717) is 42.6 Å². The lowest BCUT2D eigenvalue weighted by Crippen LogP contribution is -2.62. The van der Waals surface area contributed by atoms with E-state index < -0.39 is 0 Å². The normalized spacial score (nSPS) is 50.2. The molecule has 0 bridgehead atoms. The second-order valence-corrected chi connectivity index (χ2v) is 11.8. The van der Waals surface area contributed by atoms with Crippen molar-refractivity contribution in [3.05, 3.63) is 0 Å². The van der Waals surface area contributed by atoms with E-state index in [2.05, 4.69) is 20.8 Å². The molecule has 0 saturated heterocycles. The number of hydrogen-bond acceptors (Lipinski definition) is 5. The molecule has 178 valence electrons. The summed E-state index contributed by atoms with van der Waals surface area (Å²) in [7, 11) is 0. The molecule has 0 amide bonds. The summed E-state index contributed by atoms with van der Waals surface area (Å²) in [6, 6.07) is 0. The minimum Gasteiger partial charge on any atom is -0.466 e. The molecule has 4 rings (SSSR count). The van der Waals surface area contributed by atoms with Crippen LogP contribution in [-0.2, 0) is 9.53 Å². The molecule has 31 heavy (non-hydrogen) atoms. The Morgan fingerprint density at radius 3 is 2.52 bits per heavy atom. The van der Waals surface area contributed by atoms with Crippen molar-refractivity contribution in [2.24, 2.45) is 46.3 Å². The molecule has 5 heteroatoms. The van der Waals surface area contributed by atoms with Crippen molar-refractivity contribution >= 4 is 5.97 Å². The first-order valence-corrected chi connectivity index (χ1v) is 12.8. The zero-order valence-corrected chi connectivity index (χ0v) is 19.9. The predicted octanol–water partition coefficient (Wildman–Crippen LogP) is 3.93. The molecule has 0 aromatic carbocycles. The molecule has 3 N–H and O–H groups in total. The predicted molar refractivity (Wildman–Crippen MR) is 119 cm³/mol. The topological polar surface area (TPSA) is 87.0 Å². The molecule has 0 unspecified atom stereocenters. The van der Waals surface area contributed by atoms with Gasteiger partial charge in [-0.3, -0.25) is 4.79 Å². The van der Waals surface area contributed by atoms with E-state index in [1.54, 1.807) is 0 Å². The average Bonchev–Trinajstić information content (AvgIpc) is 3.07. The summed E-state index contributed by atoms with van der Waals surface area (Å²) in [5.74, 6) is 1.84. The van der Waals surface area contributed by atoms with Gasteiger partial charge in [0.2, 0.25) is 0 Å². The molecule has 0 radical (unpaired) electrons. The maximum Gasteiger partial charge on any atom is 0.305 e. The number of fused-ring (bicyclic) bond motifs is 5. The molecule has 0 heterocycles. The number of aliphatic hydroxyl groups excluding tert-OH is 3. The first-order chi connectivity index (χ1) is 14.6. The molecule has 5 nitrogen and oxygen atoms in total. The summed E-state index contributed by atoms with van der Waals surface area (Å²) < 4.78 is 5.12. The van der Waals surface area contributed by atoms with Gasteiger partial charge in [-0.25, -0.2) is 0 Å². The number of carbonyl (C=O) groups is 1. The lowest BCUT2D eigenvalue weighted by molar-refractivity contribution is -0.207. The summed E-state index contributed by atoms with van der Waals surface area (Å²) in [4.78, 5) is 11.9. The van der Waals surface area contributed by atoms with E-state index in [1.165, 1.54) is 0 Å². The van der Waals surface area contributed by atoms with Crippen LogP contribution in [0.15, 0.2) is 0 Å². The Hall–Kier alpha value is -0.650. The SMILES string of the molecule is CCOC(=O)CC[C@H](C)[C@@H]1CC[C@@H]2[C@@H]3[C@@H](C[C@@H](O)[C@]21C)[C@]1(C)CC[C@H](O)C[C@@H]1C[C@@H]3O. The Kier molecular flexibility index (Phi) is 6.53. The van der Waals surface area contributed by atoms with Gasteiger partial charge in [-0.05, 0) is 105 Å². The first kappa shape index (κ1) is 23.5. The third-order valence-corrected chi connectivity index (χ3v) is 10.6. The Morgan fingerprint density at radius 2 is 1.81 bits per heavy atom. The van der Waals surface area contributed by atoms with Crippen molar-refractivity contribution in [1.29, 1.82) is 0 Å². The number of aliphatic hydroxyl groups is 3. The van der Waals surface area contributed by atoms with Gasteiger partial charge in [-0.15, -0.1) is 0 Å². The molecule has 4 aliphatic rings. The molecule has 11 atom stereocenters. The van der Waals surface area contributed by atoms with Crippen LogP contribution in [0.2, 0.25) is 0 Å². The Morgan fingerprint density at radius 1 is 1.06 bits per heavy atom. The molecule has 4 fully saturated rings. The van der Waals surface area contributed by atoms with Gasteiger partial charge < -0.3 is 20.1 Å². The van der Waals surface area contributed by atoms with Gasteiger partial charge in [0, 0.05) is 6.42 Å². The van der Waals surface area contributed by atoms with Gasteiger partial charge in [0.25, 0.3) is 0 Å². The van der Waals surface area contributed by atoms with Crippen LogP contribution < -0.4 is 0 Å². The third-order valence-electron chi connectivity index (χ3n) is 10.6. The van der Waals surface area contributed by atoms with Crippen molar-refractivity contribution in [3.63, 3.8) is 0 Å². The number of ether oxygens (including phenoxy) is 1. The van der Waals surface area contributed by atoms with Crippen LogP contribution >= 0.6 is 0 Å². The van der Waals surface area contributed by atoms with Crippen LogP contribution in [0.4, 0.5) is 0 Å². The van der Waals surface area contributed by atoms with Crippen molar-refractivity contribution in [2.75, 3.05) is 6.61 Å². The molecule has 4 aliphatic carbocycles. The summed E-state index contributed by atoms with van der Waals surface area (Å²) in [6.45, 7) is 9.13. The standard InChI is InChI=1S/C26H44O5/c1-5-31-23(30)9-6-15(2)18-7-8-19-24-20(14-22(29)26(18,19)4)25(3)11-10-17(27)12-16(25)13-21(24)28/h15-22,24,27-29H,5-14H2,1-4H3/t15-,16+,17-,18-,19+,20+,21-,22+,24+,25+,26-/m0/s1. The van der Waals surface area contributed by atoms with Gasteiger partial charge in [-0.2, -0.15) is 0 Å². The van der Waals surface area contributed by atoms with Gasteiger partial charge in [0.1, 0.15) is 0 Å². The van der Waals surface area contributed by atoms with Gasteiger partial charge >= 0.3 is 5.97 Å². The van der Waals surface area contributed by atoms with Crippen LogP contribution in [0.5, 0.6) is 0 Å². The highest BCUT2D eigenvalue weighted by Gasteiger charge is 2.65. The van der Waals surface area contributed by atoms with Crippen molar-refractivity contribution < 1.29 is 24.9 Å². The number of hydrogen-bond donors (Lipinski definition) is 3. The minimum atomic E-state index is -0.370. The quantitative estimate of drug-likeness (QED) is 0.569. The average molecular weight is 437 g/mol. The number of carbonyl (C=O) groups excluding carboxylic acids is 1. The van der Waals surface area contributed by atoms with Gasteiger partial charge in [0.05, 0.1) is 24.9 Å². The molecular formula is C26H44O5. The zero-order chi connectivity index (χ0) is 22.6. The van der Waals surface area contributed by atoms with E-state index in [9.17, 15) is 20.1 Å². The van der Waals surface area contributed by atoms with E-state index in [0.717, 1.165) is 51.4 Å². The first-order valence-electron chi connectivity index (χ1n) is 12.8. The second kappa shape index (κ2) is 8.61. The van der Waals surface area contributed by atoms with E-state index in [4.69, 9.17) is 4.74 Å². The van der Waals surface area contributed by atoms with E-state index in [1.807, 2.05) is 6.92 Å². The highest BCUT2D eigenvalue weighted by molar-refractivity contribution is 5.69. The maximum absolute atomic E-state index is 11.9. The van der Waals surface area contributed by atoms with E-state index in [-0.39, 0.29) is 41.0 Å². The Balaban J connectivity index is 1.54. The fourth-order valence-corrected chi connectivity index (χ4v) is 8.91. The molecule has 0 aromatic heterocycles. The van der Waals surface area contributed by atoms with Crippen LogP contribution in [0.1, 0.15) is 85.5 Å². The van der Waals surface area contributed by atoms with Crippen LogP contribution in [0.25, 0.3) is 0 Å². The fourth-order valence-electron chi connectivity index (χ4n) is 8.91. The van der Waals surface area contributed by atoms with Gasteiger partial charge in [0.15, 0.2) is 0 Å².